The summed E-state index contributed by atoms with van der Waals surface area (Å²) in [7, 11) is 2.10. The van der Waals surface area contributed by atoms with E-state index >= 15 is 0 Å². The van der Waals surface area contributed by atoms with Gasteiger partial charge in [0.05, 0.1) is 6.61 Å². The van der Waals surface area contributed by atoms with Crippen LogP contribution in [0.2, 0.25) is 0 Å². The minimum Gasteiger partial charge on any atom is -0.396 e. The first kappa shape index (κ1) is 19.2. The second kappa shape index (κ2) is 10.1. The maximum Gasteiger partial charge on any atom is 0.193 e. The Morgan fingerprint density at radius 1 is 1.36 bits per heavy atom. The molecule has 0 aliphatic carbocycles. The van der Waals surface area contributed by atoms with Crippen LogP contribution in [-0.4, -0.2) is 62.5 Å². The van der Waals surface area contributed by atoms with Crippen molar-refractivity contribution in [1.29, 1.82) is 0 Å². The Morgan fingerprint density at radius 2 is 2.09 bits per heavy atom. The molecule has 1 fully saturated rings. The number of guanidine groups is 1. The zero-order valence-electron chi connectivity index (χ0n) is 14.9. The molecule has 0 bridgehead atoms. The monoisotopic (exact) mass is 313 g/mol. The molecular weight excluding hydrogens is 278 g/mol. The van der Waals surface area contributed by atoms with E-state index in [-0.39, 0.29) is 12.0 Å². The highest BCUT2D eigenvalue weighted by Crippen LogP contribution is 2.30. The molecule has 0 spiro atoms. The second-order valence-corrected chi connectivity index (χ2v) is 6.46. The van der Waals surface area contributed by atoms with Crippen LogP contribution in [0.1, 0.15) is 46.5 Å². The van der Waals surface area contributed by atoms with E-state index in [1.54, 1.807) is 0 Å². The van der Waals surface area contributed by atoms with Crippen molar-refractivity contribution in [2.75, 3.05) is 46.5 Å². The first-order valence-corrected chi connectivity index (χ1v) is 8.78. The van der Waals surface area contributed by atoms with E-state index in [1.807, 2.05) is 0 Å². The van der Waals surface area contributed by atoms with Gasteiger partial charge in [-0.3, -0.25) is 4.99 Å². The van der Waals surface area contributed by atoms with E-state index in [2.05, 4.69) is 38.0 Å². The van der Waals surface area contributed by atoms with Crippen LogP contribution in [0.5, 0.6) is 0 Å². The molecule has 1 atom stereocenters. The topological polar surface area (TPSA) is 57.1 Å². The third-order valence-electron chi connectivity index (χ3n) is 4.96. The molecule has 0 saturated carbocycles. The highest BCUT2D eigenvalue weighted by molar-refractivity contribution is 5.79. The predicted octanol–water partition coefficient (Wildman–Crippen LogP) is 2.11. The number of aliphatic hydroxyl groups excluding tert-OH is 1. The van der Waals surface area contributed by atoms with Gasteiger partial charge in [-0.15, -0.1) is 0 Å². The van der Waals surface area contributed by atoms with Gasteiger partial charge >= 0.3 is 0 Å². The fourth-order valence-electron chi connectivity index (χ4n) is 3.06. The maximum atomic E-state index is 9.34. The molecule has 0 aromatic rings. The number of ether oxygens (including phenoxy) is 1. The lowest BCUT2D eigenvalue weighted by Gasteiger charge is -2.31. The lowest BCUT2D eigenvalue weighted by Crippen LogP contribution is -2.42. The van der Waals surface area contributed by atoms with Crippen LogP contribution in [-0.2, 0) is 4.74 Å². The van der Waals surface area contributed by atoms with Crippen LogP contribution >= 0.6 is 0 Å². The van der Waals surface area contributed by atoms with Crippen molar-refractivity contribution in [3.8, 4) is 0 Å². The molecule has 130 valence electrons. The molecule has 0 radical (unpaired) electrons. The SMILES string of the molecule is CCNC(=NCC(CC)(CC)CCO)N(C)CC1CCOC1. The van der Waals surface area contributed by atoms with Gasteiger partial charge in [0.25, 0.3) is 0 Å². The molecule has 1 saturated heterocycles. The van der Waals surface area contributed by atoms with E-state index in [4.69, 9.17) is 9.73 Å². The molecule has 1 rings (SSSR count). The number of nitrogens with zero attached hydrogens (tertiary/aromatic N) is 2. The highest BCUT2D eigenvalue weighted by atomic mass is 16.5. The lowest BCUT2D eigenvalue weighted by molar-refractivity contribution is 0.174. The Morgan fingerprint density at radius 3 is 2.59 bits per heavy atom. The smallest absolute Gasteiger partial charge is 0.193 e. The number of hydrogen-bond donors (Lipinski definition) is 2. The number of aliphatic imine (C=N–C) groups is 1. The lowest BCUT2D eigenvalue weighted by atomic mass is 9.79. The van der Waals surface area contributed by atoms with E-state index in [1.165, 1.54) is 0 Å². The van der Waals surface area contributed by atoms with Gasteiger partial charge in [0.1, 0.15) is 0 Å². The quantitative estimate of drug-likeness (QED) is 0.506. The summed E-state index contributed by atoms with van der Waals surface area (Å²) in [6.45, 7) is 11.1. The van der Waals surface area contributed by atoms with Crippen molar-refractivity contribution in [2.45, 2.75) is 46.5 Å². The van der Waals surface area contributed by atoms with Crippen molar-refractivity contribution < 1.29 is 9.84 Å². The summed E-state index contributed by atoms with van der Waals surface area (Å²) in [5, 5.41) is 12.7. The zero-order valence-corrected chi connectivity index (χ0v) is 14.9. The third-order valence-corrected chi connectivity index (χ3v) is 4.96. The number of nitrogens with one attached hydrogen (secondary N) is 1. The summed E-state index contributed by atoms with van der Waals surface area (Å²) < 4.78 is 5.46. The Hall–Kier alpha value is -0.810. The third kappa shape index (κ3) is 5.76. The van der Waals surface area contributed by atoms with Crippen LogP contribution in [0.3, 0.4) is 0 Å². The molecule has 0 aromatic heterocycles. The van der Waals surface area contributed by atoms with Gasteiger partial charge in [-0.25, -0.2) is 0 Å². The fourth-order valence-corrected chi connectivity index (χ4v) is 3.06. The Kier molecular flexibility index (Phi) is 8.79. The average molecular weight is 313 g/mol. The van der Waals surface area contributed by atoms with Gasteiger partial charge in [-0.1, -0.05) is 13.8 Å². The molecule has 1 heterocycles. The maximum absolute atomic E-state index is 9.34. The largest absolute Gasteiger partial charge is 0.396 e. The Balaban J connectivity index is 2.69. The van der Waals surface area contributed by atoms with E-state index in [0.29, 0.717) is 5.92 Å². The van der Waals surface area contributed by atoms with Gasteiger partial charge in [0.15, 0.2) is 5.96 Å². The molecular formula is C17H35N3O2. The molecule has 0 aromatic carbocycles. The minimum absolute atomic E-state index is 0.118. The Bertz CT molecular complexity index is 324. The first-order chi connectivity index (χ1) is 10.6. The molecule has 0 amide bonds. The zero-order chi connectivity index (χ0) is 16.4. The van der Waals surface area contributed by atoms with Crippen molar-refractivity contribution in [3.05, 3.63) is 0 Å². The number of aliphatic hydroxyl groups is 1. The summed E-state index contributed by atoms with van der Waals surface area (Å²) in [4.78, 5) is 7.09. The molecule has 5 nitrogen and oxygen atoms in total. The standard InChI is InChI=1S/C17H35N3O2/c1-5-17(6-2,9-10-21)14-19-16(18-7-3)20(4)12-15-8-11-22-13-15/h15,21H,5-14H2,1-4H3,(H,18,19). The second-order valence-electron chi connectivity index (χ2n) is 6.46. The number of hydrogen-bond acceptors (Lipinski definition) is 3. The van der Waals surface area contributed by atoms with Crippen LogP contribution in [0.4, 0.5) is 0 Å². The van der Waals surface area contributed by atoms with Crippen molar-refractivity contribution in [1.82, 2.24) is 10.2 Å². The van der Waals surface area contributed by atoms with Gasteiger partial charge in [-0.05, 0) is 38.0 Å². The summed E-state index contributed by atoms with van der Waals surface area (Å²) in [5.74, 6) is 1.58. The first-order valence-electron chi connectivity index (χ1n) is 8.78. The minimum atomic E-state index is 0.118. The van der Waals surface area contributed by atoms with Gasteiger partial charge in [0.2, 0.25) is 0 Å². The van der Waals surface area contributed by atoms with Crippen LogP contribution in [0, 0.1) is 11.3 Å². The normalized spacial score (nSPS) is 19.5. The van der Waals surface area contributed by atoms with Crippen LogP contribution in [0.15, 0.2) is 4.99 Å². The molecule has 1 aliphatic rings. The predicted molar refractivity (Wildman–Crippen MR) is 92.3 cm³/mol. The summed E-state index contributed by atoms with van der Waals surface area (Å²) >= 11 is 0. The highest BCUT2D eigenvalue weighted by Gasteiger charge is 2.26. The van der Waals surface area contributed by atoms with Crippen molar-refractivity contribution in [2.24, 2.45) is 16.3 Å². The molecule has 1 unspecified atom stereocenters. The Labute approximate surface area is 136 Å². The van der Waals surface area contributed by atoms with E-state index in [0.717, 1.165) is 64.5 Å². The van der Waals surface area contributed by atoms with Crippen molar-refractivity contribution in [3.63, 3.8) is 0 Å². The van der Waals surface area contributed by atoms with Gasteiger partial charge in [-0.2, -0.15) is 0 Å². The molecule has 2 N–H and O–H groups in total. The number of rotatable bonds is 9. The summed E-state index contributed by atoms with van der Waals surface area (Å²) in [5.41, 5.74) is 0.118. The van der Waals surface area contributed by atoms with Crippen molar-refractivity contribution >= 4 is 5.96 Å². The summed E-state index contributed by atoms with van der Waals surface area (Å²) in [6, 6.07) is 0. The molecule has 1 aliphatic heterocycles. The molecule has 22 heavy (non-hydrogen) atoms. The van der Waals surface area contributed by atoms with Crippen LogP contribution < -0.4 is 5.32 Å². The van der Waals surface area contributed by atoms with Crippen LogP contribution in [0.25, 0.3) is 0 Å². The van der Waals surface area contributed by atoms with E-state index < -0.39 is 0 Å². The molecule has 5 heteroatoms. The van der Waals surface area contributed by atoms with Gasteiger partial charge in [0, 0.05) is 45.8 Å². The van der Waals surface area contributed by atoms with E-state index in [9.17, 15) is 5.11 Å². The summed E-state index contributed by atoms with van der Waals surface area (Å²) in [6.07, 6.45) is 4.06. The van der Waals surface area contributed by atoms with Gasteiger partial charge < -0.3 is 20.1 Å². The average Bonchev–Trinajstić information content (AvgIpc) is 3.03. The fraction of sp³-hybridized carbons (Fsp3) is 0.941.